The van der Waals surface area contributed by atoms with Crippen LogP contribution in [-0.4, -0.2) is 24.3 Å². The highest BCUT2D eigenvalue weighted by atomic mass is 16.5. The zero-order valence-electron chi connectivity index (χ0n) is 15.1. The largest absolute Gasteiger partial charge is 0.490 e. The first-order valence-electron chi connectivity index (χ1n) is 8.64. The van der Waals surface area contributed by atoms with Gasteiger partial charge in [-0.05, 0) is 31.5 Å². The molecule has 0 fully saturated rings. The Morgan fingerprint density at radius 3 is 2.60 bits per heavy atom. The molecule has 1 atom stereocenters. The Morgan fingerprint density at radius 2 is 1.88 bits per heavy atom. The summed E-state index contributed by atoms with van der Waals surface area (Å²) in [6, 6.07) is 5.58. The van der Waals surface area contributed by atoms with Gasteiger partial charge in [0.15, 0.2) is 17.3 Å². The average molecular weight is 344 g/mol. The molecule has 25 heavy (non-hydrogen) atoms. The van der Waals surface area contributed by atoms with Crippen molar-refractivity contribution in [1.82, 2.24) is 10.5 Å². The van der Waals surface area contributed by atoms with Gasteiger partial charge in [0.25, 0.3) is 5.91 Å². The number of aromatic nitrogens is 1. The van der Waals surface area contributed by atoms with Crippen molar-refractivity contribution in [3.05, 3.63) is 40.8 Å². The van der Waals surface area contributed by atoms with Crippen molar-refractivity contribution in [2.75, 3.05) is 13.2 Å². The summed E-state index contributed by atoms with van der Waals surface area (Å²) in [5.74, 6) is 2.00. The number of carbonyl (C=O) groups excluding carboxylic acids is 1. The molecule has 2 aromatic rings. The summed E-state index contributed by atoms with van der Waals surface area (Å²) in [6.07, 6.45) is 0.862. The van der Waals surface area contributed by atoms with E-state index in [1.165, 1.54) is 0 Å². The Balaban J connectivity index is 1.78. The summed E-state index contributed by atoms with van der Waals surface area (Å²) in [6.45, 7) is 8.96. The number of nitrogens with zero attached hydrogens (tertiary/aromatic N) is 1. The Kier molecular flexibility index (Phi) is 4.97. The first kappa shape index (κ1) is 17.3. The van der Waals surface area contributed by atoms with Gasteiger partial charge in [-0.3, -0.25) is 4.79 Å². The lowest BCUT2D eigenvalue weighted by molar-refractivity contribution is 0.0936. The van der Waals surface area contributed by atoms with Crippen molar-refractivity contribution in [3.8, 4) is 11.5 Å². The number of rotatable bonds is 4. The normalized spacial score (nSPS) is 14.9. The summed E-state index contributed by atoms with van der Waals surface area (Å²) in [5.41, 5.74) is 2.08. The smallest absolute Gasteiger partial charge is 0.257 e. The molecule has 6 heteroatoms. The van der Waals surface area contributed by atoms with Crippen LogP contribution < -0.4 is 14.8 Å². The fourth-order valence-corrected chi connectivity index (χ4v) is 2.86. The zero-order chi connectivity index (χ0) is 18.0. The molecule has 0 aliphatic carbocycles. The first-order chi connectivity index (χ1) is 12.0. The van der Waals surface area contributed by atoms with Crippen molar-refractivity contribution in [3.63, 3.8) is 0 Å². The third-order valence-electron chi connectivity index (χ3n) is 4.26. The van der Waals surface area contributed by atoms with Crippen molar-refractivity contribution in [2.24, 2.45) is 0 Å². The van der Waals surface area contributed by atoms with Crippen LogP contribution in [-0.2, 0) is 0 Å². The molecule has 134 valence electrons. The van der Waals surface area contributed by atoms with Gasteiger partial charge in [0.2, 0.25) is 0 Å². The van der Waals surface area contributed by atoms with Crippen LogP contribution in [0.1, 0.15) is 66.5 Å². The summed E-state index contributed by atoms with van der Waals surface area (Å²) in [7, 11) is 0. The second kappa shape index (κ2) is 7.17. The quantitative estimate of drug-likeness (QED) is 0.914. The van der Waals surface area contributed by atoms with E-state index in [0.29, 0.717) is 30.2 Å². The van der Waals surface area contributed by atoms with Crippen LogP contribution in [0.5, 0.6) is 11.5 Å². The molecule has 0 radical (unpaired) electrons. The molecule has 1 unspecified atom stereocenters. The van der Waals surface area contributed by atoms with Gasteiger partial charge in [0.05, 0.1) is 24.9 Å². The molecule has 0 saturated carbocycles. The molecule has 2 heterocycles. The van der Waals surface area contributed by atoms with Gasteiger partial charge in [-0.2, -0.15) is 0 Å². The minimum atomic E-state index is -0.182. The van der Waals surface area contributed by atoms with Crippen LogP contribution in [0.3, 0.4) is 0 Å². The lowest BCUT2D eigenvalue weighted by Gasteiger charge is -2.17. The van der Waals surface area contributed by atoms with E-state index in [0.717, 1.165) is 23.5 Å². The lowest BCUT2D eigenvalue weighted by atomic mass is 10.0. The molecule has 0 saturated heterocycles. The van der Waals surface area contributed by atoms with E-state index >= 15 is 0 Å². The third kappa shape index (κ3) is 3.62. The van der Waals surface area contributed by atoms with Crippen LogP contribution in [0.25, 0.3) is 0 Å². The number of hydrogen-bond acceptors (Lipinski definition) is 5. The fourth-order valence-electron chi connectivity index (χ4n) is 2.86. The summed E-state index contributed by atoms with van der Waals surface area (Å²) < 4.78 is 16.7. The lowest BCUT2D eigenvalue weighted by Crippen LogP contribution is -2.27. The molecular weight excluding hydrogens is 320 g/mol. The van der Waals surface area contributed by atoms with Gasteiger partial charge < -0.3 is 19.3 Å². The Morgan fingerprint density at radius 1 is 1.16 bits per heavy atom. The minimum Gasteiger partial charge on any atom is -0.490 e. The molecule has 6 nitrogen and oxygen atoms in total. The van der Waals surface area contributed by atoms with Gasteiger partial charge in [0.1, 0.15) is 5.56 Å². The maximum Gasteiger partial charge on any atom is 0.257 e. The molecule has 1 amide bonds. The topological polar surface area (TPSA) is 73.6 Å². The molecule has 1 aliphatic rings. The van der Waals surface area contributed by atoms with E-state index in [1.807, 2.05) is 39.0 Å². The predicted octanol–water partition coefficient (Wildman–Crippen LogP) is 3.76. The van der Waals surface area contributed by atoms with E-state index in [9.17, 15) is 4.79 Å². The van der Waals surface area contributed by atoms with Crippen LogP contribution in [0, 0.1) is 6.92 Å². The molecule has 1 aliphatic heterocycles. The highest BCUT2D eigenvalue weighted by Crippen LogP contribution is 2.32. The maximum absolute atomic E-state index is 12.7. The number of ether oxygens (including phenoxy) is 2. The second-order valence-electron chi connectivity index (χ2n) is 6.61. The van der Waals surface area contributed by atoms with Gasteiger partial charge in [-0.15, -0.1) is 0 Å². The number of amides is 1. The SMILES string of the molecule is Cc1noc(C(C)C)c1C(=O)NC(C)c1ccc2c(c1)OCCCO2. The van der Waals surface area contributed by atoms with Gasteiger partial charge in [-0.25, -0.2) is 0 Å². The van der Waals surface area contributed by atoms with Crippen molar-refractivity contribution in [2.45, 2.75) is 46.1 Å². The van der Waals surface area contributed by atoms with E-state index < -0.39 is 0 Å². The maximum atomic E-state index is 12.7. The van der Waals surface area contributed by atoms with Gasteiger partial charge in [0, 0.05) is 12.3 Å². The molecule has 1 N–H and O–H groups in total. The number of benzene rings is 1. The number of fused-ring (bicyclic) bond motifs is 1. The Hall–Kier alpha value is -2.50. The highest BCUT2D eigenvalue weighted by molar-refractivity contribution is 5.96. The van der Waals surface area contributed by atoms with Crippen molar-refractivity contribution < 1.29 is 18.8 Å². The van der Waals surface area contributed by atoms with E-state index in [2.05, 4.69) is 10.5 Å². The molecular formula is C19H24N2O4. The fraction of sp³-hybridized carbons (Fsp3) is 0.474. The molecule has 0 spiro atoms. The van der Waals surface area contributed by atoms with Crippen molar-refractivity contribution in [1.29, 1.82) is 0 Å². The molecule has 3 rings (SSSR count). The van der Waals surface area contributed by atoms with E-state index in [-0.39, 0.29) is 17.9 Å². The summed E-state index contributed by atoms with van der Waals surface area (Å²) in [4.78, 5) is 12.7. The molecule has 1 aromatic carbocycles. The third-order valence-corrected chi connectivity index (χ3v) is 4.26. The van der Waals surface area contributed by atoms with Crippen LogP contribution >= 0.6 is 0 Å². The Bertz CT molecular complexity index is 767. The first-order valence-corrected chi connectivity index (χ1v) is 8.64. The van der Waals surface area contributed by atoms with Crippen LogP contribution in [0.2, 0.25) is 0 Å². The number of hydrogen-bond donors (Lipinski definition) is 1. The van der Waals surface area contributed by atoms with Crippen LogP contribution in [0.15, 0.2) is 22.7 Å². The monoisotopic (exact) mass is 344 g/mol. The van der Waals surface area contributed by atoms with E-state index in [1.54, 1.807) is 6.92 Å². The standard InChI is InChI=1S/C19H24N2O4/c1-11(2)18-17(13(4)21-25-18)19(22)20-12(3)14-6-7-15-16(10-14)24-9-5-8-23-15/h6-7,10-12H,5,8-9H2,1-4H3,(H,20,22). The van der Waals surface area contributed by atoms with Gasteiger partial charge in [-0.1, -0.05) is 25.1 Å². The Labute approximate surface area is 147 Å². The second-order valence-corrected chi connectivity index (χ2v) is 6.61. The predicted molar refractivity (Wildman–Crippen MR) is 93.3 cm³/mol. The number of carbonyl (C=O) groups is 1. The molecule has 1 aromatic heterocycles. The highest BCUT2D eigenvalue weighted by Gasteiger charge is 2.24. The van der Waals surface area contributed by atoms with Crippen LogP contribution in [0.4, 0.5) is 0 Å². The summed E-state index contributed by atoms with van der Waals surface area (Å²) in [5, 5.41) is 6.96. The number of nitrogens with one attached hydrogen (secondary N) is 1. The minimum absolute atomic E-state index is 0.0929. The van der Waals surface area contributed by atoms with Crippen molar-refractivity contribution >= 4 is 5.91 Å². The van der Waals surface area contributed by atoms with Gasteiger partial charge >= 0.3 is 0 Å². The van der Waals surface area contributed by atoms with E-state index in [4.69, 9.17) is 14.0 Å². The zero-order valence-corrected chi connectivity index (χ0v) is 15.1. The molecule has 0 bridgehead atoms. The summed E-state index contributed by atoms with van der Waals surface area (Å²) >= 11 is 0. The average Bonchev–Trinajstić information content (AvgIpc) is 2.82. The number of aryl methyl sites for hydroxylation is 1.